The molecule has 0 heterocycles. The number of halogens is 2. The largest absolute Gasteiger partial charge is 0.386 e. The summed E-state index contributed by atoms with van der Waals surface area (Å²) in [6, 6.07) is 2.31. The molecule has 5 nitrogen and oxygen atoms in total. The van der Waals surface area contributed by atoms with E-state index in [1.165, 1.54) is 13.0 Å². The lowest BCUT2D eigenvalue weighted by Crippen LogP contribution is -2.43. The van der Waals surface area contributed by atoms with Crippen molar-refractivity contribution in [2.24, 2.45) is 0 Å². The maximum absolute atomic E-state index is 13.1. The number of rotatable bonds is 7. The minimum absolute atomic E-state index is 0.154. The predicted molar refractivity (Wildman–Crippen MR) is 76.8 cm³/mol. The summed E-state index contributed by atoms with van der Waals surface area (Å²) in [4.78, 5) is 22.9. The Bertz CT molecular complexity index is 538. The molecule has 1 aromatic rings. The first-order valence-electron chi connectivity index (χ1n) is 7.04. The number of hydrogen-bond donors (Lipinski definition) is 3. The molecule has 0 fully saturated rings. The Morgan fingerprint density at radius 2 is 1.91 bits per heavy atom. The first kappa shape index (κ1) is 18.0. The molecule has 3 N–H and O–H groups in total. The molecule has 1 rings (SSSR count). The molecule has 2 amide bonds. The molecule has 0 spiro atoms. The van der Waals surface area contributed by atoms with Crippen LogP contribution >= 0.6 is 0 Å². The van der Waals surface area contributed by atoms with Crippen molar-refractivity contribution in [3.05, 3.63) is 35.4 Å². The van der Waals surface area contributed by atoms with Gasteiger partial charge in [-0.25, -0.2) is 8.78 Å². The fraction of sp³-hybridized carbons (Fsp3) is 0.467. The van der Waals surface area contributed by atoms with E-state index in [0.717, 1.165) is 12.1 Å². The van der Waals surface area contributed by atoms with Crippen molar-refractivity contribution in [1.29, 1.82) is 0 Å². The second-order valence-corrected chi connectivity index (χ2v) is 5.00. The summed E-state index contributed by atoms with van der Waals surface area (Å²) in [6.45, 7) is 3.17. The van der Waals surface area contributed by atoms with Gasteiger partial charge in [-0.3, -0.25) is 9.59 Å². The van der Waals surface area contributed by atoms with E-state index in [1.54, 1.807) is 0 Å². The van der Waals surface area contributed by atoms with Gasteiger partial charge >= 0.3 is 0 Å². The SMILES string of the molecule is CCCC(=O)NCC(=O)NC(C)C(O)c1ccc(F)c(F)c1. The molecule has 7 heteroatoms. The quantitative estimate of drug-likeness (QED) is 0.712. The summed E-state index contributed by atoms with van der Waals surface area (Å²) in [7, 11) is 0. The van der Waals surface area contributed by atoms with Crippen molar-refractivity contribution in [2.75, 3.05) is 6.54 Å². The number of carbonyl (C=O) groups excluding carboxylic acids is 2. The number of hydrogen-bond acceptors (Lipinski definition) is 3. The van der Waals surface area contributed by atoms with E-state index >= 15 is 0 Å². The van der Waals surface area contributed by atoms with Gasteiger partial charge in [0.25, 0.3) is 0 Å². The van der Waals surface area contributed by atoms with Crippen LogP contribution in [0, 0.1) is 11.6 Å². The lowest BCUT2D eigenvalue weighted by molar-refractivity contribution is -0.126. The third kappa shape index (κ3) is 5.40. The van der Waals surface area contributed by atoms with Gasteiger partial charge < -0.3 is 15.7 Å². The zero-order chi connectivity index (χ0) is 16.7. The second-order valence-electron chi connectivity index (χ2n) is 5.00. The highest BCUT2D eigenvalue weighted by Gasteiger charge is 2.19. The van der Waals surface area contributed by atoms with Crippen LogP contribution < -0.4 is 10.6 Å². The summed E-state index contributed by atoms with van der Waals surface area (Å²) in [5.41, 5.74) is 0.154. The van der Waals surface area contributed by atoms with Crippen LogP contribution in [0.1, 0.15) is 38.4 Å². The molecule has 0 aliphatic heterocycles. The molecular weight excluding hydrogens is 294 g/mol. The number of benzene rings is 1. The maximum atomic E-state index is 13.1. The highest BCUT2D eigenvalue weighted by molar-refractivity contribution is 5.84. The average Bonchev–Trinajstić information content (AvgIpc) is 2.47. The van der Waals surface area contributed by atoms with Crippen LogP contribution in [0.3, 0.4) is 0 Å². The monoisotopic (exact) mass is 314 g/mol. The second kappa shape index (κ2) is 8.43. The molecule has 0 aliphatic carbocycles. The molecule has 2 atom stereocenters. The van der Waals surface area contributed by atoms with Gasteiger partial charge in [-0.1, -0.05) is 13.0 Å². The smallest absolute Gasteiger partial charge is 0.239 e. The lowest BCUT2D eigenvalue weighted by atomic mass is 10.0. The van der Waals surface area contributed by atoms with Crippen molar-refractivity contribution in [2.45, 2.75) is 38.8 Å². The van der Waals surface area contributed by atoms with Gasteiger partial charge in [0.1, 0.15) is 0 Å². The number of amides is 2. The van der Waals surface area contributed by atoms with Crippen LogP contribution in [0.2, 0.25) is 0 Å². The van der Waals surface area contributed by atoms with Gasteiger partial charge in [0, 0.05) is 6.42 Å². The van der Waals surface area contributed by atoms with Crippen molar-refractivity contribution >= 4 is 11.8 Å². The average molecular weight is 314 g/mol. The van der Waals surface area contributed by atoms with Crippen LogP contribution in [0.15, 0.2) is 18.2 Å². The Labute approximate surface area is 127 Å². The Hall–Kier alpha value is -2.02. The van der Waals surface area contributed by atoms with Crippen molar-refractivity contribution in [3.63, 3.8) is 0 Å². The van der Waals surface area contributed by atoms with Gasteiger partial charge in [0.05, 0.1) is 18.7 Å². The number of aliphatic hydroxyl groups excluding tert-OH is 1. The molecule has 0 radical (unpaired) electrons. The molecule has 0 saturated heterocycles. The molecule has 2 unspecified atom stereocenters. The first-order valence-corrected chi connectivity index (χ1v) is 7.04. The Morgan fingerprint density at radius 1 is 1.23 bits per heavy atom. The third-order valence-electron chi connectivity index (χ3n) is 3.07. The standard InChI is InChI=1S/C15H20F2N2O3/c1-3-4-13(20)18-8-14(21)19-9(2)15(22)10-5-6-11(16)12(17)7-10/h5-7,9,15,22H,3-4,8H2,1-2H3,(H,18,20)(H,19,21). The highest BCUT2D eigenvalue weighted by Crippen LogP contribution is 2.19. The fourth-order valence-corrected chi connectivity index (χ4v) is 1.86. The van der Waals surface area contributed by atoms with E-state index in [4.69, 9.17) is 0 Å². The van der Waals surface area contributed by atoms with E-state index in [1.807, 2.05) is 6.92 Å². The van der Waals surface area contributed by atoms with E-state index in [2.05, 4.69) is 10.6 Å². The van der Waals surface area contributed by atoms with Gasteiger partial charge in [0.15, 0.2) is 11.6 Å². The normalized spacial score (nSPS) is 13.3. The molecule has 122 valence electrons. The van der Waals surface area contributed by atoms with E-state index in [0.29, 0.717) is 12.8 Å². The van der Waals surface area contributed by atoms with Gasteiger partial charge in [-0.2, -0.15) is 0 Å². The molecule has 0 aliphatic rings. The molecule has 22 heavy (non-hydrogen) atoms. The summed E-state index contributed by atoms with van der Waals surface area (Å²) >= 11 is 0. The highest BCUT2D eigenvalue weighted by atomic mass is 19.2. The summed E-state index contributed by atoms with van der Waals surface area (Å²) in [5, 5.41) is 15.0. The molecule has 0 bridgehead atoms. The van der Waals surface area contributed by atoms with E-state index in [9.17, 15) is 23.5 Å². The van der Waals surface area contributed by atoms with Crippen molar-refractivity contribution < 1.29 is 23.5 Å². The number of carbonyl (C=O) groups is 2. The summed E-state index contributed by atoms with van der Waals surface area (Å²) in [6.07, 6.45) is -0.177. The first-order chi connectivity index (χ1) is 10.3. The Kier molecular flexibility index (Phi) is 6.91. The lowest BCUT2D eigenvalue weighted by Gasteiger charge is -2.21. The summed E-state index contributed by atoms with van der Waals surface area (Å²) < 4.78 is 26.0. The van der Waals surface area contributed by atoms with Crippen molar-refractivity contribution in [1.82, 2.24) is 10.6 Å². The zero-order valence-corrected chi connectivity index (χ0v) is 12.5. The van der Waals surface area contributed by atoms with Crippen LogP contribution in [0.4, 0.5) is 8.78 Å². The fourth-order valence-electron chi connectivity index (χ4n) is 1.86. The topological polar surface area (TPSA) is 78.4 Å². The van der Waals surface area contributed by atoms with Crippen LogP contribution in [0.5, 0.6) is 0 Å². The zero-order valence-electron chi connectivity index (χ0n) is 12.5. The molecule has 0 saturated carbocycles. The predicted octanol–water partition coefficient (Wildman–Crippen LogP) is 1.42. The van der Waals surface area contributed by atoms with Crippen LogP contribution in [0.25, 0.3) is 0 Å². The minimum atomic E-state index is -1.19. The van der Waals surface area contributed by atoms with Gasteiger partial charge in [-0.15, -0.1) is 0 Å². The Balaban J connectivity index is 2.52. The summed E-state index contributed by atoms with van der Waals surface area (Å²) in [5.74, 6) is -2.78. The van der Waals surface area contributed by atoms with Gasteiger partial charge in [0.2, 0.25) is 11.8 Å². The van der Waals surface area contributed by atoms with Crippen LogP contribution in [-0.4, -0.2) is 29.5 Å². The minimum Gasteiger partial charge on any atom is -0.386 e. The van der Waals surface area contributed by atoms with Gasteiger partial charge in [-0.05, 0) is 31.0 Å². The van der Waals surface area contributed by atoms with E-state index < -0.39 is 29.7 Å². The number of nitrogens with one attached hydrogen (secondary N) is 2. The van der Waals surface area contributed by atoms with Crippen molar-refractivity contribution in [3.8, 4) is 0 Å². The molecular formula is C15H20F2N2O3. The Morgan fingerprint density at radius 3 is 2.50 bits per heavy atom. The van der Waals surface area contributed by atoms with Crippen LogP contribution in [-0.2, 0) is 9.59 Å². The molecule has 1 aromatic carbocycles. The third-order valence-corrected chi connectivity index (χ3v) is 3.07. The molecule has 0 aromatic heterocycles. The van der Waals surface area contributed by atoms with E-state index in [-0.39, 0.29) is 18.0 Å². The maximum Gasteiger partial charge on any atom is 0.239 e. The number of aliphatic hydroxyl groups is 1.